The van der Waals surface area contributed by atoms with Gasteiger partial charge in [-0.05, 0) is 43.7 Å². The predicted octanol–water partition coefficient (Wildman–Crippen LogP) is 3.54. The summed E-state index contributed by atoms with van der Waals surface area (Å²) in [6.45, 7) is 3.99. The van der Waals surface area contributed by atoms with Gasteiger partial charge >= 0.3 is 0 Å². The van der Waals surface area contributed by atoms with E-state index in [9.17, 15) is 9.59 Å². The Labute approximate surface area is 167 Å². The number of amides is 2. The van der Waals surface area contributed by atoms with Crippen LogP contribution in [0.1, 0.15) is 11.1 Å². The highest BCUT2D eigenvalue weighted by atomic mass is 35.5. The third kappa shape index (κ3) is 4.81. The summed E-state index contributed by atoms with van der Waals surface area (Å²) in [6, 6.07) is 13.0. The zero-order valence-electron chi connectivity index (χ0n) is 15.0. The Morgan fingerprint density at radius 3 is 2.81 bits per heavy atom. The van der Waals surface area contributed by atoms with Crippen molar-refractivity contribution < 1.29 is 9.59 Å². The third-order valence-electron chi connectivity index (χ3n) is 3.91. The summed E-state index contributed by atoms with van der Waals surface area (Å²) in [7, 11) is 0. The Balaban J connectivity index is 1.66. The molecule has 1 aliphatic heterocycles. The Morgan fingerprint density at radius 1 is 1.26 bits per heavy atom. The molecule has 3 rings (SSSR count). The number of benzene rings is 2. The van der Waals surface area contributed by atoms with Crippen molar-refractivity contribution in [3.8, 4) is 0 Å². The lowest BCUT2D eigenvalue weighted by atomic mass is 10.1. The van der Waals surface area contributed by atoms with Crippen LogP contribution in [0.4, 0.5) is 11.4 Å². The van der Waals surface area contributed by atoms with Crippen molar-refractivity contribution in [3.63, 3.8) is 0 Å². The molecule has 1 fully saturated rings. The molecule has 2 amide bonds. The first-order valence-corrected chi connectivity index (χ1v) is 9.69. The number of anilines is 2. The van der Waals surface area contributed by atoms with Crippen LogP contribution in [0.5, 0.6) is 0 Å². The first-order chi connectivity index (χ1) is 12.9. The number of carbonyl (C=O) groups is 2. The molecule has 0 spiro atoms. The van der Waals surface area contributed by atoms with Gasteiger partial charge in [0, 0.05) is 10.7 Å². The fraction of sp³-hybridized carbons (Fsp3) is 0.211. The summed E-state index contributed by atoms with van der Waals surface area (Å²) in [5.41, 5.74) is 6.12. The molecule has 140 valence electrons. The van der Waals surface area contributed by atoms with Gasteiger partial charge in [-0.3, -0.25) is 14.5 Å². The fourth-order valence-electron chi connectivity index (χ4n) is 2.67. The molecule has 0 unspecified atom stereocenters. The number of aryl methyl sites for hydroxylation is 2. The first kappa shape index (κ1) is 19.3. The minimum atomic E-state index is -0.317. The van der Waals surface area contributed by atoms with Crippen molar-refractivity contribution in [1.82, 2.24) is 5.43 Å². The van der Waals surface area contributed by atoms with E-state index >= 15 is 0 Å². The first-order valence-electron chi connectivity index (χ1n) is 8.33. The number of rotatable bonds is 5. The largest absolute Gasteiger partial charge is 0.376 e. The Morgan fingerprint density at radius 2 is 2.07 bits per heavy atom. The molecule has 1 heterocycles. The number of hydrogen-bond acceptors (Lipinski definition) is 5. The molecule has 27 heavy (non-hydrogen) atoms. The maximum absolute atomic E-state index is 12.3. The topological polar surface area (TPSA) is 73.8 Å². The highest BCUT2D eigenvalue weighted by Gasteiger charge is 2.31. The molecule has 0 atom stereocenters. The molecule has 6 nitrogen and oxygen atoms in total. The summed E-state index contributed by atoms with van der Waals surface area (Å²) in [5, 5.41) is 8.17. The second-order valence-corrected chi connectivity index (χ2v) is 7.48. The number of nitrogens with zero attached hydrogens (tertiary/aromatic N) is 2. The lowest BCUT2D eigenvalue weighted by Crippen LogP contribution is -2.33. The Hall–Kier alpha value is -2.51. The lowest BCUT2D eigenvalue weighted by molar-refractivity contribution is -0.119. The second kappa shape index (κ2) is 8.45. The van der Waals surface area contributed by atoms with Gasteiger partial charge in [-0.1, -0.05) is 47.1 Å². The van der Waals surface area contributed by atoms with Crippen LogP contribution >= 0.6 is 23.4 Å². The summed E-state index contributed by atoms with van der Waals surface area (Å²) in [4.78, 5) is 25.9. The van der Waals surface area contributed by atoms with Gasteiger partial charge in [0.15, 0.2) is 5.17 Å². The van der Waals surface area contributed by atoms with E-state index in [2.05, 4.69) is 15.8 Å². The van der Waals surface area contributed by atoms with Crippen molar-refractivity contribution in [2.75, 3.05) is 22.5 Å². The van der Waals surface area contributed by atoms with Gasteiger partial charge in [0.05, 0.1) is 18.0 Å². The van der Waals surface area contributed by atoms with Gasteiger partial charge in [0.2, 0.25) is 5.91 Å². The number of halogens is 1. The molecule has 1 aliphatic rings. The van der Waals surface area contributed by atoms with E-state index in [4.69, 9.17) is 11.6 Å². The molecule has 0 aliphatic carbocycles. The minimum absolute atomic E-state index is 0.0410. The van der Waals surface area contributed by atoms with Crippen LogP contribution in [0.2, 0.25) is 5.02 Å². The maximum Gasteiger partial charge on any atom is 0.259 e. The van der Waals surface area contributed by atoms with Gasteiger partial charge in [0.25, 0.3) is 5.91 Å². The van der Waals surface area contributed by atoms with E-state index in [-0.39, 0.29) is 18.4 Å². The van der Waals surface area contributed by atoms with Crippen LogP contribution in [0.25, 0.3) is 0 Å². The Bertz CT molecular complexity index is 916. The van der Waals surface area contributed by atoms with E-state index in [0.29, 0.717) is 15.9 Å². The minimum Gasteiger partial charge on any atom is -0.376 e. The molecular weight excluding hydrogens is 384 g/mol. The fourth-order valence-corrected chi connectivity index (χ4v) is 3.68. The van der Waals surface area contributed by atoms with Gasteiger partial charge in [-0.15, -0.1) is 5.10 Å². The molecule has 0 saturated carbocycles. The molecule has 0 aromatic heterocycles. The number of hydrazone groups is 1. The number of hydrogen-bond donors (Lipinski definition) is 2. The quantitative estimate of drug-likeness (QED) is 0.750. The number of thioether (sulfide) groups is 1. The highest BCUT2D eigenvalue weighted by Crippen LogP contribution is 2.29. The predicted molar refractivity (Wildman–Crippen MR) is 111 cm³/mol. The molecule has 2 aromatic rings. The normalized spacial score (nSPS) is 15.3. The summed E-state index contributed by atoms with van der Waals surface area (Å²) >= 11 is 7.21. The van der Waals surface area contributed by atoms with Crippen LogP contribution in [-0.2, 0) is 9.59 Å². The molecule has 1 saturated heterocycles. The van der Waals surface area contributed by atoms with Crippen molar-refractivity contribution in [2.45, 2.75) is 13.8 Å². The van der Waals surface area contributed by atoms with Crippen molar-refractivity contribution >= 4 is 51.7 Å². The lowest BCUT2D eigenvalue weighted by Gasteiger charge is -2.18. The molecule has 2 aromatic carbocycles. The molecule has 2 N–H and O–H groups in total. The molecule has 0 radical (unpaired) electrons. The Kier molecular flexibility index (Phi) is 6.03. The van der Waals surface area contributed by atoms with Gasteiger partial charge < -0.3 is 5.32 Å². The number of nitrogens with one attached hydrogen (secondary N) is 2. The third-order valence-corrected chi connectivity index (χ3v) is 5.07. The van der Waals surface area contributed by atoms with E-state index in [1.54, 1.807) is 23.1 Å². The summed E-state index contributed by atoms with van der Waals surface area (Å²) in [5.74, 6) is -0.0806. The molecule has 8 heteroatoms. The van der Waals surface area contributed by atoms with E-state index in [1.165, 1.54) is 11.8 Å². The van der Waals surface area contributed by atoms with Crippen LogP contribution in [-0.4, -0.2) is 29.3 Å². The zero-order chi connectivity index (χ0) is 19.4. The van der Waals surface area contributed by atoms with Crippen LogP contribution < -0.4 is 15.6 Å². The average Bonchev–Trinajstić information content (AvgIpc) is 2.99. The van der Waals surface area contributed by atoms with Gasteiger partial charge in [-0.25, -0.2) is 5.43 Å². The number of amidine groups is 1. The second-order valence-electron chi connectivity index (χ2n) is 6.10. The summed E-state index contributed by atoms with van der Waals surface area (Å²) < 4.78 is 0. The van der Waals surface area contributed by atoms with Crippen LogP contribution in [0, 0.1) is 13.8 Å². The van der Waals surface area contributed by atoms with E-state index in [1.807, 2.05) is 38.1 Å². The number of carbonyl (C=O) groups excluding carboxylic acids is 2. The smallest absolute Gasteiger partial charge is 0.259 e. The van der Waals surface area contributed by atoms with Gasteiger partial charge in [0.1, 0.15) is 0 Å². The van der Waals surface area contributed by atoms with Gasteiger partial charge in [-0.2, -0.15) is 0 Å². The van der Waals surface area contributed by atoms with Crippen molar-refractivity contribution in [3.05, 3.63) is 58.6 Å². The van der Waals surface area contributed by atoms with E-state index < -0.39 is 0 Å². The van der Waals surface area contributed by atoms with E-state index in [0.717, 1.165) is 22.5 Å². The van der Waals surface area contributed by atoms with Crippen LogP contribution in [0.3, 0.4) is 0 Å². The molecular formula is C19H19ClN4O2S. The van der Waals surface area contributed by atoms with Crippen molar-refractivity contribution in [1.29, 1.82) is 0 Å². The maximum atomic E-state index is 12.3. The standard InChI is InChI=1S/C19H19ClN4O2S/c1-12-6-7-16(13(2)8-12)24-18(26)11-27-19(24)23-22-17(25)10-21-15-5-3-4-14(20)9-15/h3-9,21H,10-11H2,1-2H3,(H,22,25)/b23-19+. The SMILES string of the molecule is Cc1ccc(N2C(=O)CS/C2=N/NC(=O)CNc2cccc(Cl)c2)c(C)c1. The van der Waals surface area contributed by atoms with Crippen molar-refractivity contribution in [2.24, 2.45) is 5.10 Å². The van der Waals surface area contributed by atoms with Crippen LogP contribution in [0.15, 0.2) is 47.6 Å². The molecule has 0 bridgehead atoms. The average molecular weight is 403 g/mol. The monoisotopic (exact) mass is 402 g/mol. The highest BCUT2D eigenvalue weighted by molar-refractivity contribution is 8.15. The summed E-state index contributed by atoms with van der Waals surface area (Å²) in [6.07, 6.45) is 0. The zero-order valence-corrected chi connectivity index (χ0v) is 16.5.